The van der Waals surface area contributed by atoms with Crippen LogP contribution in [0, 0.1) is 0 Å². The van der Waals surface area contributed by atoms with Crippen molar-refractivity contribution in [3.8, 4) is 0 Å². The van der Waals surface area contributed by atoms with Gasteiger partial charge in [0.25, 0.3) is 0 Å². The molecule has 1 aromatic heterocycles. The highest BCUT2D eigenvalue weighted by molar-refractivity contribution is 6.14. The molecule has 1 rings (SSSR count). The number of carbonyl (C=O) groups is 2. The molecule has 0 bridgehead atoms. The average Bonchev–Trinajstić information content (AvgIpc) is 2.57. The van der Waals surface area contributed by atoms with E-state index >= 15 is 0 Å². The van der Waals surface area contributed by atoms with E-state index in [0.717, 1.165) is 0 Å². The average molecular weight is 210 g/mol. The first-order chi connectivity index (χ1) is 6.97. The first-order valence-electron chi connectivity index (χ1n) is 4.02. The second kappa shape index (κ2) is 3.95. The van der Waals surface area contributed by atoms with Gasteiger partial charge in [0.2, 0.25) is 0 Å². The number of aromatic nitrogens is 2. The fourth-order valence-electron chi connectivity index (χ4n) is 1.06. The van der Waals surface area contributed by atoms with E-state index in [1.807, 2.05) is 0 Å². The molecule has 80 valence electrons. The van der Waals surface area contributed by atoms with Crippen LogP contribution in [0.2, 0.25) is 0 Å². The number of hydrogen-bond donors (Lipinski definition) is 1. The lowest BCUT2D eigenvalue weighted by Gasteiger charge is -1.98. The predicted molar refractivity (Wildman–Crippen MR) is 51.2 cm³/mol. The monoisotopic (exact) mass is 210 g/mol. The minimum Gasteiger partial charge on any atom is -0.478 e. The number of aryl methyl sites for hydroxylation is 1. The number of esters is 1. The first kappa shape index (κ1) is 11.0. The third kappa shape index (κ3) is 2.04. The van der Waals surface area contributed by atoms with E-state index in [-0.39, 0.29) is 17.0 Å². The maximum atomic E-state index is 11.1. The lowest BCUT2D eigenvalue weighted by atomic mass is 10.2. The Morgan fingerprint density at radius 2 is 2.20 bits per heavy atom. The second-order valence-corrected chi connectivity index (χ2v) is 2.81. The van der Waals surface area contributed by atoms with Crippen LogP contribution in [-0.4, -0.2) is 33.9 Å². The molecule has 1 heterocycles. The highest BCUT2D eigenvalue weighted by Gasteiger charge is 2.17. The molecule has 6 nitrogen and oxygen atoms in total. The topological polar surface area (TPSA) is 81.4 Å². The van der Waals surface area contributed by atoms with Gasteiger partial charge in [-0.2, -0.15) is 5.10 Å². The van der Waals surface area contributed by atoms with Crippen LogP contribution in [0.3, 0.4) is 0 Å². The summed E-state index contributed by atoms with van der Waals surface area (Å²) in [7, 11) is 2.75. The zero-order valence-electron chi connectivity index (χ0n) is 8.35. The Hall–Kier alpha value is -2.11. The molecule has 0 saturated carbocycles. The maximum Gasteiger partial charge on any atom is 0.358 e. The minimum absolute atomic E-state index is 0.0531. The summed E-state index contributed by atoms with van der Waals surface area (Å²) in [5.74, 6) is -1.77. The minimum atomic E-state index is -1.16. The van der Waals surface area contributed by atoms with Gasteiger partial charge in [-0.25, -0.2) is 9.59 Å². The number of hydrogen-bond acceptors (Lipinski definition) is 4. The first-order valence-corrected chi connectivity index (χ1v) is 4.02. The largest absolute Gasteiger partial charge is 0.478 e. The molecular formula is C9H10N2O4. The fraction of sp³-hybridized carbons (Fsp3) is 0.222. The van der Waals surface area contributed by atoms with Crippen molar-refractivity contribution in [1.82, 2.24) is 9.78 Å². The van der Waals surface area contributed by atoms with Gasteiger partial charge in [-0.05, 0) is 6.07 Å². The van der Waals surface area contributed by atoms with Crippen molar-refractivity contribution < 1.29 is 19.4 Å². The summed E-state index contributed by atoms with van der Waals surface area (Å²) in [6.07, 6.45) is 0. The predicted octanol–water partition coefficient (Wildman–Crippen LogP) is 0.304. The van der Waals surface area contributed by atoms with Crippen molar-refractivity contribution in [2.75, 3.05) is 7.11 Å². The highest BCUT2D eigenvalue weighted by atomic mass is 16.5. The number of carboxylic acid groups (broad SMARTS) is 1. The van der Waals surface area contributed by atoms with Crippen molar-refractivity contribution in [2.45, 2.75) is 0 Å². The Balaban J connectivity index is 3.12. The molecule has 0 amide bonds. The number of aliphatic carboxylic acids is 1. The molecule has 0 saturated heterocycles. The van der Waals surface area contributed by atoms with Crippen molar-refractivity contribution in [2.24, 2.45) is 7.05 Å². The van der Waals surface area contributed by atoms with Crippen molar-refractivity contribution in [3.63, 3.8) is 0 Å². The van der Waals surface area contributed by atoms with Gasteiger partial charge in [-0.3, -0.25) is 4.68 Å². The van der Waals surface area contributed by atoms with E-state index in [4.69, 9.17) is 5.11 Å². The molecule has 0 fully saturated rings. The second-order valence-electron chi connectivity index (χ2n) is 2.81. The molecule has 1 aromatic rings. The van der Waals surface area contributed by atoms with Crippen LogP contribution < -0.4 is 0 Å². The van der Waals surface area contributed by atoms with E-state index in [1.54, 1.807) is 0 Å². The third-order valence-corrected chi connectivity index (χ3v) is 1.84. The van der Waals surface area contributed by atoms with Gasteiger partial charge in [0, 0.05) is 7.05 Å². The molecule has 0 atom stereocenters. The summed E-state index contributed by atoms with van der Waals surface area (Å²) >= 11 is 0. The van der Waals surface area contributed by atoms with E-state index in [9.17, 15) is 9.59 Å². The van der Waals surface area contributed by atoms with Gasteiger partial charge < -0.3 is 9.84 Å². The quantitative estimate of drug-likeness (QED) is 0.573. The molecule has 0 spiro atoms. The number of carboxylic acids is 1. The smallest absolute Gasteiger partial charge is 0.358 e. The molecule has 6 heteroatoms. The lowest BCUT2D eigenvalue weighted by Crippen LogP contribution is -2.04. The van der Waals surface area contributed by atoms with E-state index in [2.05, 4.69) is 16.4 Å². The Kier molecular flexibility index (Phi) is 2.89. The third-order valence-electron chi connectivity index (χ3n) is 1.84. The van der Waals surface area contributed by atoms with Gasteiger partial charge in [0.05, 0.1) is 18.4 Å². The molecule has 0 aromatic carbocycles. The Morgan fingerprint density at radius 1 is 1.60 bits per heavy atom. The van der Waals surface area contributed by atoms with Gasteiger partial charge in [0.15, 0.2) is 5.69 Å². The van der Waals surface area contributed by atoms with Crippen molar-refractivity contribution in [3.05, 3.63) is 24.0 Å². The zero-order chi connectivity index (χ0) is 11.6. The summed E-state index contributed by atoms with van der Waals surface area (Å²) in [5.41, 5.74) is 0.195. The summed E-state index contributed by atoms with van der Waals surface area (Å²) in [5, 5.41) is 12.5. The lowest BCUT2D eigenvalue weighted by molar-refractivity contribution is -0.130. The molecule has 0 aliphatic carbocycles. The molecule has 0 radical (unpaired) electrons. The summed E-state index contributed by atoms with van der Waals surface area (Å²) in [6, 6.07) is 1.32. The number of methoxy groups -OCH3 is 1. The summed E-state index contributed by atoms with van der Waals surface area (Å²) in [6.45, 7) is 3.37. The summed E-state index contributed by atoms with van der Waals surface area (Å²) < 4.78 is 5.72. The van der Waals surface area contributed by atoms with Crippen molar-refractivity contribution in [1.29, 1.82) is 0 Å². The van der Waals surface area contributed by atoms with Crippen LogP contribution in [0.4, 0.5) is 0 Å². The molecule has 15 heavy (non-hydrogen) atoms. The number of carbonyl (C=O) groups excluding carboxylic acids is 1. The van der Waals surface area contributed by atoms with Crippen LogP contribution in [-0.2, 0) is 16.6 Å². The van der Waals surface area contributed by atoms with Crippen molar-refractivity contribution >= 4 is 17.5 Å². The van der Waals surface area contributed by atoms with Crippen LogP contribution in [0.5, 0.6) is 0 Å². The van der Waals surface area contributed by atoms with E-state index < -0.39 is 11.9 Å². The molecule has 1 N–H and O–H groups in total. The standard InChI is InChI=1S/C9H10N2O4/c1-5(8(12)13)7-4-6(9(14)15-3)10-11(7)2/h4H,1H2,2-3H3,(H,12,13). The zero-order valence-corrected chi connectivity index (χ0v) is 8.35. The summed E-state index contributed by atoms with van der Waals surface area (Å²) in [4.78, 5) is 21.7. The highest BCUT2D eigenvalue weighted by Crippen LogP contribution is 2.13. The Labute approximate surface area is 85.8 Å². The number of rotatable bonds is 3. The van der Waals surface area contributed by atoms with Crippen LogP contribution >= 0.6 is 0 Å². The van der Waals surface area contributed by atoms with Crippen LogP contribution in [0.25, 0.3) is 5.57 Å². The Bertz CT molecular complexity index is 433. The van der Waals surface area contributed by atoms with Crippen LogP contribution in [0.1, 0.15) is 16.2 Å². The fourth-order valence-corrected chi connectivity index (χ4v) is 1.06. The number of nitrogens with zero attached hydrogens (tertiary/aromatic N) is 2. The van der Waals surface area contributed by atoms with E-state index in [0.29, 0.717) is 0 Å². The van der Waals surface area contributed by atoms with Gasteiger partial charge in [-0.1, -0.05) is 6.58 Å². The molecule has 0 aliphatic heterocycles. The van der Waals surface area contributed by atoms with Gasteiger partial charge in [0.1, 0.15) is 0 Å². The molecule has 0 aliphatic rings. The van der Waals surface area contributed by atoms with Gasteiger partial charge >= 0.3 is 11.9 Å². The molecular weight excluding hydrogens is 200 g/mol. The normalized spacial score (nSPS) is 9.73. The van der Waals surface area contributed by atoms with E-state index in [1.165, 1.54) is 24.9 Å². The molecule has 0 unspecified atom stereocenters. The van der Waals surface area contributed by atoms with Crippen LogP contribution in [0.15, 0.2) is 12.6 Å². The number of ether oxygens (including phenoxy) is 1. The Morgan fingerprint density at radius 3 is 2.67 bits per heavy atom. The van der Waals surface area contributed by atoms with Gasteiger partial charge in [-0.15, -0.1) is 0 Å². The maximum absolute atomic E-state index is 11.1. The SMILES string of the molecule is C=C(C(=O)O)c1cc(C(=O)OC)nn1C.